The number of aryl methyl sites for hydroxylation is 2. The summed E-state index contributed by atoms with van der Waals surface area (Å²) < 4.78 is 1.88. The van der Waals surface area contributed by atoms with E-state index in [0.717, 1.165) is 12.1 Å². The van der Waals surface area contributed by atoms with Gasteiger partial charge in [-0.3, -0.25) is 4.68 Å². The van der Waals surface area contributed by atoms with E-state index in [9.17, 15) is 0 Å². The van der Waals surface area contributed by atoms with Gasteiger partial charge in [0.1, 0.15) is 0 Å². The quantitative estimate of drug-likeness (QED) is 0.898. The Labute approximate surface area is 113 Å². The SMILES string of the molecule is Cc1nn(C)cc1C(C)NC(C)Cc1cccs1. The smallest absolute Gasteiger partial charge is 0.0641 e. The average molecular weight is 263 g/mol. The third kappa shape index (κ3) is 3.21. The number of aromatic nitrogens is 2. The lowest BCUT2D eigenvalue weighted by atomic mass is 10.1. The molecular weight excluding hydrogens is 242 g/mol. The molecule has 1 N–H and O–H groups in total. The fourth-order valence-electron chi connectivity index (χ4n) is 2.35. The van der Waals surface area contributed by atoms with E-state index in [1.54, 1.807) is 0 Å². The van der Waals surface area contributed by atoms with Crippen molar-refractivity contribution in [1.29, 1.82) is 0 Å². The van der Waals surface area contributed by atoms with E-state index in [1.807, 2.05) is 23.1 Å². The first-order valence-corrected chi connectivity index (χ1v) is 7.23. The lowest BCUT2D eigenvalue weighted by Crippen LogP contribution is -2.30. The molecule has 2 rings (SSSR count). The lowest BCUT2D eigenvalue weighted by molar-refractivity contribution is 0.478. The van der Waals surface area contributed by atoms with Gasteiger partial charge in [0.2, 0.25) is 0 Å². The molecule has 0 amide bonds. The summed E-state index contributed by atoms with van der Waals surface area (Å²) in [6.45, 7) is 6.51. The van der Waals surface area contributed by atoms with Gasteiger partial charge in [-0.1, -0.05) is 6.07 Å². The minimum absolute atomic E-state index is 0.341. The predicted octanol–water partition coefficient (Wildman–Crippen LogP) is 3.07. The second kappa shape index (κ2) is 5.67. The summed E-state index contributed by atoms with van der Waals surface area (Å²) in [7, 11) is 1.97. The van der Waals surface area contributed by atoms with Gasteiger partial charge >= 0.3 is 0 Å². The number of thiophene rings is 1. The molecule has 0 aliphatic heterocycles. The average Bonchev–Trinajstić information content (AvgIpc) is 2.88. The van der Waals surface area contributed by atoms with Gasteiger partial charge < -0.3 is 5.32 Å². The number of nitrogens with one attached hydrogen (secondary N) is 1. The standard InChI is InChI=1S/C14H21N3S/c1-10(8-13-6-5-7-18-13)15-11(2)14-9-17(4)16-12(14)3/h5-7,9-11,15H,8H2,1-4H3. The van der Waals surface area contributed by atoms with E-state index >= 15 is 0 Å². The first-order valence-electron chi connectivity index (χ1n) is 6.35. The van der Waals surface area contributed by atoms with Crippen LogP contribution in [0.5, 0.6) is 0 Å². The molecule has 3 nitrogen and oxygen atoms in total. The van der Waals surface area contributed by atoms with Crippen LogP contribution in [0.25, 0.3) is 0 Å². The first-order chi connectivity index (χ1) is 8.56. The summed E-state index contributed by atoms with van der Waals surface area (Å²) in [6.07, 6.45) is 3.19. The maximum absolute atomic E-state index is 4.39. The number of rotatable bonds is 5. The van der Waals surface area contributed by atoms with Gasteiger partial charge in [0.05, 0.1) is 5.69 Å². The Hall–Kier alpha value is -1.13. The molecule has 0 saturated heterocycles. The molecular formula is C14H21N3S. The highest BCUT2D eigenvalue weighted by Gasteiger charge is 2.14. The molecule has 0 aliphatic rings. The third-order valence-corrected chi connectivity index (χ3v) is 4.04. The fourth-order valence-corrected chi connectivity index (χ4v) is 3.18. The summed E-state index contributed by atoms with van der Waals surface area (Å²) in [5.41, 5.74) is 2.40. The summed E-state index contributed by atoms with van der Waals surface area (Å²) in [6, 6.07) is 5.12. The van der Waals surface area contributed by atoms with Crippen molar-refractivity contribution in [2.45, 2.75) is 39.3 Å². The van der Waals surface area contributed by atoms with Gasteiger partial charge in [0.25, 0.3) is 0 Å². The molecule has 0 aromatic carbocycles. The summed E-state index contributed by atoms with van der Waals surface area (Å²) in [5, 5.41) is 10.2. The van der Waals surface area contributed by atoms with Gasteiger partial charge in [-0.2, -0.15) is 5.10 Å². The topological polar surface area (TPSA) is 29.9 Å². The van der Waals surface area contributed by atoms with Crippen LogP contribution in [0.1, 0.15) is 36.0 Å². The molecule has 98 valence electrons. The Morgan fingerprint density at radius 1 is 1.44 bits per heavy atom. The molecule has 2 atom stereocenters. The van der Waals surface area contributed by atoms with Crippen molar-refractivity contribution in [2.75, 3.05) is 0 Å². The Morgan fingerprint density at radius 3 is 2.78 bits per heavy atom. The van der Waals surface area contributed by atoms with Crippen LogP contribution in [0.3, 0.4) is 0 Å². The predicted molar refractivity (Wildman–Crippen MR) is 77.0 cm³/mol. The van der Waals surface area contributed by atoms with Crippen molar-refractivity contribution in [3.8, 4) is 0 Å². The van der Waals surface area contributed by atoms with E-state index in [0.29, 0.717) is 12.1 Å². The molecule has 0 radical (unpaired) electrons. The number of hydrogen-bond acceptors (Lipinski definition) is 3. The van der Waals surface area contributed by atoms with Crippen molar-refractivity contribution in [1.82, 2.24) is 15.1 Å². The van der Waals surface area contributed by atoms with E-state index in [1.165, 1.54) is 10.4 Å². The monoisotopic (exact) mass is 263 g/mol. The highest BCUT2D eigenvalue weighted by molar-refractivity contribution is 7.09. The van der Waals surface area contributed by atoms with Gasteiger partial charge in [0, 0.05) is 35.8 Å². The summed E-state index contributed by atoms with van der Waals surface area (Å²) in [4.78, 5) is 1.44. The van der Waals surface area contributed by atoms with Crippen molar-refractivity contribution in [2.24, 2.45) is 7.05 Å². The van der Waals surface area contributed by atoms with E-state index < -0.39 is 0 Å². The van der Waals surface area contributed by atoms with Crippen LogP contribution >= 0.6 is 11.3 Å². The van der Waals surface area contributed by atoms with Gasteiger partial charge in [-0.25, -0.2) is 0 Å². The second-order valence-corrected chi connectivity index (χ2v) is 5.95. The molecule has 0 aliphatic carbocycles. The van der Waals surface area contributed by atoms with Crippen LogP contribution in [-0.4, -0.2) is 15.8 Å². The molecule has 2 aromatic rings. The Kier molecular flexibility index (Phi) is 4.19. The van der Waals surface area contributed by atoms with Crippen molar-refractivity contribution < 1.29 is 0 Å². The van der Waals surface area contributed by atoms with E-state index in [2.05, 4.69) is 54.9 Å². The molecule has 0 saturated carbocycles. The third-order valence-electron chi connectivity index (χ3n) is 3.14. The van der Waals surface area contributed by atoms with Crippen LogP contribution in [-0.2, 0) is 13.5 Å². The molecule has 0 fully saturated rings. The molecule has 0 bridgehead atoms. The van der Waals surface area contributed by atoms with Crippen LogP contribution in [0.2, 0.25) is 0 Å². The van der Waals surface area contributed by atoms with Crippen LogP contribution in [0, 0.1) is 6.92 Å². The molecule has 2 heterocycles. The van der Waals surface area contributed by atoms with E-state index in [-0.39, 0.29) is 0 Å². The number of nitrogens with zero attached hydrogens (tertiary/aromatic N) is 2. The maximum atomic E-state index is 4.39. The zero-order valence-corrected chi connectivity index (χ0v) is 12.3. The van der Waals surface area contributed by atoms with Crippen LogP contribution in [0.15, 0.2) is 23.7 Å². The molecule has 2 aromatic heterocycles. The van der Waals surface area contributed by atoms with Gasteiger partial charge in [-0.15, -0.1) is 11.3 Å². The minimum atomic E-state index is 0.341. The molecule has 0 spiro atoms. The minimum Gasteiger partial charge on any atom is -0.307 e. The first kappa shape index (κ1) is 13.3. The van der Waals surface area contributed by atoms with E-state index in [4.69, 9.17) is 0 Å². The van der Waals surface area contributed by atoms with Crippen molar-refractivity contribution in [3.05, 3.63) is 39.8 Å². The van der Waals surface area contributed by atoms with Crippen molar-refractivity contribution >= 4 is 11.3 Å². The maximum Gasteiger partial charge on any atom is 0.0641 e. The Morgan fingerprint density at radius 2 is 2.22 bits per heavy atom. The summed E-state index contributed by atoms with van der Waals surface area (Å²) >= 11 is 1.82. The Bertz CT molecular complexity index is 487. The number of hydrogen-bond donors (Lipinski definition) is 1. The zero-order valence-electron chi connectivity index (χ0n) is 11.5. The zero-order chi connectivity index (χ0) is 13.1. The second-order valence-electron chi connectivity index (χ2n) is 4.92. The molecule has 2 unspecified atom stereocenters. The summed E-state index contributed by atoms with van der Waals surface area (Å²) in [5.74, 6) is 0. The highest BCUT2D eigenvalue weighted by atomic mass is 32.1. The van der Waals surface area contributed by atoms with Crippen LogP contribution in [0.4, 0.5) is 0 Å². The van der Waals surface area contributed by atoms with Gasteiger partial charge in [0.15, 0.2) is 0 Å². The normalized spacial score (nSPS) is 14.7. The lowest BCUT2D eigenvalue weighted by Gasteiger charge is -2.19. The molecule has 4 heteroatoms. The van der Waals surface area contributed by atoms with Gasteiger partial charge in [-0.05, 0) is 38.6 Å². The largest absolute Gasteiger partial charge is 0.307 e. The van der Waals surface area contributed by atoms with Crippen LogP contribution < -0.4 is 5.32 Å². The Balaban J connectivity index is 1.94. The van der Waals surface area contributed by atoms with Crippen molar-refractivity contribution in [3.63, 3.8) is 0 Å². The molecule has 18 heavy (non-hydrogen) atoms. The fraction of sp³-hybridized carbons (Fsp3) is 0.500. The highest BCUT2D eigenvalue weighted by Crippen LogP contribution is 2.18.